The van der Waals surface area contributed by atoms with Crippen LogP contribution in [0.1, 0.15) is 60.5 Å². The molecule has 2 aliphatic rings. The molecule has 0 bridgehead atoms. The summed E-state index contributed by atoms with van der Waals surface area (Å²) in [5.74, 6) is 0.574. The van der Waals surface area contributed by atoms with Crippen LogP contribution in [-0.4, -0.2) is 30.0 Å². The molecule has 4 heteroatoms. The van der Waals surface area contributed by atoms with Crippen LogP contribution in [0.5, 0.6) is 0 Å². The van der Waals surface area contributed by atoms with Crippen molar-refractivity contribution < 1.29 is 4.79 Å². The highest BCUT2D eigenvalue weighted by molar-refractivity contribution is 5.94. The number of aromatic nitrogens is 1. The van der Waals surface area contributed by atoms with Gasteiger partial charge in [-0.2, -0.15) is 0 Å². The maximum absolute atomic E-state index is 12.1. The van der Waals surface area contributed by atoms with Gasteiger partial charge >= 0.3 is 0 Å². The normalized spacial score (nSPS) is 21.0. The van der Waals surface area contributed by atoms with Crippen LogP contribution in [0.15, 0.2) is 18.3 Å². The molecule has 4 nitrogen and oxygen atoms in total. The SMILES string of the molecule is O=C(NC1CCCC1)c1ccc(C2CCNCC2)nc1. The van der Waals surface area contributed by atoms with Crippen LogP contribution in [0.4, 0.5) is 0 Å². The highest BCUT2D eigenvalue weighted by Gasteiger charge is 2.19. The quantitative estimate of drug-likeness (QED) is 0.888. The molecule has 1 saturated carbocycles. The van der Waals surface area contributed by atoms with Crippen LogP contribution < -0.4 is 10.6 Å². The van der Waals surface area contributed by atoms with Crippen molar-refractivity contribution in [3.8, 4) is 0 Å². The van der Waals surface area contributed by atoms with E-state index in [1.807, 2.05) is 12.1 Å². The molecule has 1 aromatic heterocycles. The number of rotatable bonds is 3. The molecule has 2 heterocycles. The van der Waals surface area contributed by atoms with Gasteiger partial charge in [-0.3, -0.25) is 9.78 Å². The first-order valence-electron chi connectivity index (χ1n) is 7.80. The summed E-state index contributed by atoms with van der Waals surface area (Å²) in [5.41, 5.74) is 1.82. The van der Waals surface area contributed by atoms with Crippen molar-refractivity contribution in [1.29, 1.82) is 0 Å². The van der Waals surface area contributed by atoms with Crippen molar-refractivity contribution in [3.63, 3.8) is 0 Å². The highest BCUT2D eigenvalue weighted by Crippen LogP contribution is 2.23. The van der Waals surface area contributed by atoms with Crippen molar-refractivity contribution in [2.75, 3.05) is 13.1 Å². The summed E-state index contributed by atoms with van der Waals surface area (Å²) in [5, 5.41) is 6.47. The minimum atomic E-state index is 0.0289. The fraction of sp³-hybridized carbons (Fsp3) is 0.625. The largest absolute Gasteiger partial charge is 0.349 e. The first-order chi connectivity index (χ1) is 9.83. The Kier molecular flexibility index (Phi) is 4.31. The summed E-state index contributed by atoms with van der Waals surface area (Å²) in [6.45, 7) is 2.13. The second-order valence-electron chi connectivity index (χ2n) is 5.95. The number of piperidine rings is 1. The molecule has 2 N–H and O–H groups in total. The monoisotopic (exact) mass is 273 g/mol. The lowest BCUT2D eigenvalue weighted by atomic mass is 9.94. The van der Waals surface area contributed by atoms with E-state index < -0.39 is 0 Å². The van der Waals surface area contributed by atoms with Gasteiger partial charge in [-0.15, -0.1) is 0 Å². The van der Waals surface area contributed by atoms with Crippen LogP contribution in [0.3, 0.4) is 0 Å². The molecule has 0 aromatic carbocycles. The number of nitrogens with one attached hydrogen (secondary N) is 2. The summed E-state index contributed by atoms with van der Waals surface area (Å²) < 4.78 is 0. The Morgan fingerprint density at radius 2 is 1.90 bits per heavy atom. The molecule has 1 saturated heterocycles. The molecule has 1 aliphatic carbocycles. The van der Waals surface area contributed by atoms with E-state index in [-0.39, 0.29) is 5.91 Å². The first kappa shape index (κ1) is 13.6. The first-order valence-corrected chi connectivity index (χ1v) is 7.80. The molecule has 108 valence electrons. The summed E-state index contributed by atoms with van der Waals surface area (Å²) in [4.78, 5) is 16.6. The molecule has 1 aliphatic heterocycles. The van der Waals surface area contributed by atoms with Crippen LogP contribution in [0.25, 0.3) is 0 Å². The minimum Gasteiger partial charge on any atom is -0.349 e. The number of nitrogens with zero attached hydrogens (tertiary/aromatic N) is 1. The standard InChI is InChI=1S/C16H23N3O/c20-16(19-14-3-1-2-4-14)13-5-6-15(18-11-13)12-7-9-17-10-8-12/h5-6,11-12,14,17H,1-4,7-10H2,(H,19,20). The van der Waals surface area contributed by atoms with Gasteiger partial charge in [0, 0.05) is 23.9 Å². The minimum absolute atomic E-state index is 0.0289. The van der Waals surface area contributed by atoms with Gasteiger partial charge in [0.1, 0.15) is 0 Å². The zero-order chi connectivity index (χ0) is 13.8. The van der Waals surface area contributed by atoms with Gasteiger partial charge in [-0.25, -0.2) is 0 Å². The van der Waals surface area contributed by atoms with Gasteiger partial charge in [0.05, 0.1) is 5.56 Å². The average molecular weight is 273 g/mol. The van der Waals surface area contributed by atoms with E-state index in [9.17, 15) is 4.79 Å². The number of pyridine rings is 1. The van der Waals surface area contributed by atoms with E-state index in [1.54, 1.807) is 6.20 Å². The number of carbonyl (C=O) groups is 1. The molecule has 0 unspecified atom stereocenters. The van der Waals surface area contributed by atoms with E-state index in [1.165, 1.54) is 12.8 Å². The highest BCUT2D eigenvalue weighted by atomic mass is 16.1. The predicted molar refractivity (Wildman–Crippen MR) is 78.8 cm³/mol. The third kappa shape index (κ3) is 3.18. The van der Waals surface area contributed by atoms with Crippen LogP contribution in [-0.2, 0) is 0 Å². The Labute approximate surface area is 120 Å². The van der Waals surface area contributed by atoms with Crippen molar-refractivity contribution in [1.82, 2.24) is 15.6 Å². The van der Waals surface area contributed by atoms with Crippen LogP contribution in [0.2, 0.25) is 0 Å². The second kappa shape index (κ2) is 6.35. The van der Waals surface area contributed by atoms with Crippen molar-refractivity contribution in [2.24, 2.45) is 0 Å². The van der Waals surface area contributed by atoms with Gasteiger partial charge in [-0.05, 0) is 50.9 Å². The summed E-state index contributed by atoms with van der Waals surface area (Å²) in [6, 6.07) is 4.32. The van der Waals surface area contributed by atoms with E-state index in [0.29, 0.717) is 17.5 Å². The lowest BCUT2D eigenvalue weighted by molar-refractivity contribution is 0.0937. The van der Waals surface area contributed by atoms with Crippen molar-refractivity contribution in [3.05, 3.63) is 29.6 Å². The van der Waals surface area contributed by atoms with E-state index in [0.717, 1.165) is 44.5 Å². The van der Waals surface area contributed by atoms with Gasteiger partial charge < -0.3 is 10.6 Å². The fourth-order valence-electron chi connectivity index (χ4n) is 3.24. The molecule has 0 spiro atoms. The zero-order valence-electron chi connectivity index (χ0n) is 11.9. The van der Waals surface area contributed by atoms with Crippen molar-refractivity contribution in [2.45, 2.75) is 50.5 Å². The Hall–Kier alpha value is -1.42. The molecule has 0 atom stereocenters. The second-order valence-corrected chi connectivity index (χ2v) is 5.95. The van der Waals surface area contributed by atoms with Crippen LogP contribution in [0, 0.1) is 0 Å². The molecule has 3 rings (SSSR count). The van der Waals surface area contributed by atoms with E-state index in [4.69, 9.17) is 0 Å². The van der Waals surface area contributed by atoms with Crippen molar-refractivity contribution >= 4 is 5.91 Å². The van der Waals surface area contributed by atoms with Crippen LogP contribution >= 0.6 is 0 Å². The lowest BCUT2D eigenvalue weighted by Crippen LogP contribution is -2.32. The number of hydrogen-bond acceptors (Lipinski definition) is 3. The fourth-order valence-corrected chi connectivity index (χ4v) is 3.24. The summed E-state index contributed by atoms with van der Waals surface area (Å²) in [7, 11) is 0. The van der Waals surface area contributed by atoms with Gasteiger partial charge in [0.25, 0.3) is 5.91 Å². The molecule has 1 amide bonds. The molecule has 0 radical (unpaired) electrons. The molecule has 1 aromatic rings. The molecular weight excluding hydrogens is 250 g/mol. The number of amides is 1. The number of carbonyl (C=O) groups excluding carboxylic acids is 1. The van der Waals surface area contributed by atoms with E-state index in [2.05, 4.69) is 15.6 Å². The van der Waals surface area contributed by atoms with Gasteiger partial charge in [-0.1, -0.05) is 12.8 Å². The molecular formula is C16H23N3O. The summed E-state index contributed by atoms with van der Waals surface area (Å²) in [6.07, 6.45) is 8.72. The lowest BCUT2D eigenvalue weighted by Gasteiger charge is -2.22. The Bertz CT molecular complexity index is 445. The van der Waals surface area contributed by atoms with E-state index >= 15 is 0 Å². The Morgan fingerprint density at radius 1 is 1.15 bits per heavy atom. The van der Waals surface area contributed by atoms with Gasteiger partial charge in [0.15, 0.2) is 0 Å². The molecule has 2 fully saturated rings. The maximum Gasteiger partial charge on any atom is 0.253 e. The maximum atomic E-state index is 12.1. The average Bonchev–Trinajstić information content (AvgIpc) is 3.01. The predicted octanol–water partition coefficient (Wildman–Crippen LogP) is 2.22. The summed E-state index contributed by atoms with van der Waals surface area (Å²) >= 11 is 0. The third-order valence-electron chi connectivity index (χ3n) is 4.50. The zero-order valence-corrected chi connectivity index (χ0v) is 11.9. The smallest absolute Gasteiger partial charge is 0.253 e. The van der Waals surface area contributed by atoms with Gasteiger partial charge in [0.2, 0.25) is 0 Å². The Morgan fingerprint density at radius 3 is 2.55 bits per heavy atom. The topological polar surface area (TPSA) is 54.0 Å². The number of hydrogen-bond donors (Lipinski definition) is 2. The molecule has 20 heavy (non-hydrogen) atoms. The Balaban J connectivity index is 1.61. The third-order valence-corrected chi connectivity index (χ3v) is 4.50.